The van der Waals surface area contributed by atoms with E-state index in [-0.39, 0.29) is 24.4 Å². The first-order valence-corrected chi connectivity index (χ1v) is 16.9. The zero-order valence-corrected chi connectivity index (χ0v) is 29.0. The molecule has 3 heterocycles. The number of methoxy groups -OCH3 is 1. The van der Waals surface area contributed by atoms with E-state index < -0.39 is 131 Å². The summed E-state index contributed by atoms with van der Waals surface area (Å²) < 4.78 is 34.2. The van der Waals surface area contributed by atoms with Crippen LogP contribution in [0.2, 0.25) is 0 Å². The smallest absolute Gasteiger partial charge is 0.348 e. The molecule has 7 N–H and O–H groups in total. The zero-order chi connectivity index (χ0) is 37.7. The van der Waals surface area contributed by atoms with Crippen molar-refractivity contribution in [3.05, 3.63) is 23.5 Å². The summed E-state index contributed by atoms with van der Waals surface area (Å²) in [7, 11) is 1.03. The van der Waals surface area contributed by atoms with Gasteiger partial charge in [0.25, 0.3) is 0 Å². The minimum absolute atomic E-state index is 0.00772. The summed E-state index contributed by atoms with van der Waals surface area (Å²) in [5.41, 5.74) is -6.49. The maximum atomic E-state index is 13.8. The van der Waals surface area contributed by atoms with Crippen molar-refractivity contribution in [3.8, 4) is 0 Å². The highest BCUT2D eigenvalue weighted by Gasteiger charge is 2.85. The highest BCUT2D eigenvalue weighted by molar-refractivity contribution is 5.97. The van der Waals surface area contributed by atoms with Crippen LogP contribution < -0.4 is 0 Å². The lowest BCUT2D eigenvalue weighted by Crippen LogP contribution is -2.79. The summed E-state index contributed by atoms with van der Waals surface area (Å²) in [6.07, 6.45) is -12.8. The molecule has 6 aliphatic rings. The molecule has 51 heavy (non-hydrogen) atoms. The van der Waals surface area contributed by atoms with Crippen LogP contribution in [-0.2, 0) is 47.6 Å². The van der Waals surface area contributed by atoms with E-state index in [1.165, 1.54) is 26.8 Å². The Kier molecular flexibility index (Phi) is 9.29. The van der Waals surface area contributed by atoms with Gasteiger partial charge in [-0.15, -0.1) is 0 Å². The Hall–Kier alpha value is -3.00. The van der Waals surface area contributed by atoms with Crippen molar-refractivity contribution in [1.29, 1.82) is 0 Å². The fraction of sp³-hybridized carbons (Fsp3) is 0.765. The third-order valence-electron chi connectivity index (χ3n) is 12.5. The summed E-state index contributed by atoms with van der Waals surface area (Å²) in [6.45, 7) is 6.50. The molecule has 3 aliphatic heterocycles. The van der Waals surface area contributed by atoms with Crippen molar-refractivity contribution >= 4 is 23.7 Å². The predicted molar refractivity (Wildman–Crippen MR) is 165 cm³/mol. The second-order valence-electron chi connectivity index (χ2n) is 15.4. The quantitative estimate of drug-likeness (QED) is 0.0804. The summed E-state index contributed by atoms with van der Waals surface area (Å²) in [6, 6.07) is 0. The molecular formula is C34H46O17. The van der Waals surface area contributed by atoms with Gasteiger partial charge in [0.1, 0.15) is 36.6 Å². The zero-order valence-electron chi connectivity index (χ0n) is 29.0. The van der Waals surface area contributed by atoms with Crippen LogP contribution in [0.3, 0.4) is 0 Å². The number of aliphatic hydroxyl groups is 7. The molecular weight excluding hydrogens is 680 g/mol. The number of hydrogen-bond donors (Lipinski definition) is 7. The first-order chi connectivity index (χ1) is 23.7. The molecule has 0 radical (unpaired) electrons. The van der Waals surface area contributed by atoms with Crippen LogP contribution in [0.5, 0.6) is 0 Å². The molecule has 17 heteroatoms. The highest BCUT2D eigenvalue weighted by atomic mass is 16.7. The standard InChI is InChI=1S/C34H46O17/c1-12(31(3,4)45)7-18(36)51-24-26-33-11-47-34(26,30(44)46-6)27(42)23(41)25(33)32(5)9-15(19(37)13(2)14(32)8-17(33)50-28(24)43)48-29-22(40)21(39)20(38)16(10-35)49-29/h7,9,13-14,16-17,20-27,29,35,38-42,45H,8,10-11H2,1-6H3/b12-7+/t13-,14-,16+,17+,20+,21-,22+,23+,24+,25+,26+,27-,29+,32-,33+,34?/m0/s1. The van der Waals surface area contributed by atoms with Gasteiger partial charge >= 0.3 is 17.9 Å². The molecule has 3 saturated heterocycles. The number of esters is 3. The van der Waals surface area contributed by atoms with Crippen LogP contribution in [0.25, 0.3) is 0 Å². The van der Waals surface area contributed by atoms with Crippen LogP contribution in [0, 0.1) is 34.5 Å². The molecule has 16 atom stereocenters. The van der Waals surface area contributed by atoms with Crippen molar-refractivity contribution in [2.24, 2.45) is 34.5 Å². The van der Waals surface area contributed by atoms with Crippen LogP contribution in [0.15, 0.2) is 23.5 Å². The molecule has 0 aromatic rings. The van der Waals surface area contributed by atoms with Gasteiger partial charge in [-0.2, -0.15) is 0 Å². The lowest BCUT2D eigenvalue weighted by molar-refractivity contribution is -0.296. The van der Waals surface area contributed by atoms with Gasteiger partial charge in [0.15, 0.2) is 11.5 Å². The predicted octanol–water partition coefficient (Wildman–Crippen LogP) is -2.62. The first kappa shape index (κ1) is 37.7. The van der Waals surface area contributed by atoms with Crippen LogP contribution in [0.1, 0.15) is 41.0 Å². The number of rotatable bonds is 7. The van der Waals surface area contributed by atoms with E-state index in [0.29, 0.717) is 0 Å². The highest BCUT2D eigenvalue weighted by Crippen LogP contribution is 2.72. The van der Waals surface area contributed by atoms with Gasteiger partial charge in [0.05, 0.1) is 37.9 Å². The number of allylic oxidation sites excluding steroid dienone is 2. The van der Waals surface area contributed by atoms with Gasteiger partial charge in [-0.3, -0.25) is 4.79 Å². The van der Waals surface area contributed by atoms with E-state index in [0.717, 1.165) is 13.2 Å². The van der Waals surface area contributed by atoms with Crippen molar-refractivity contribution < 1.29 is 83.3 Å². The monoisotopic (exact) mass is 726 g/mol. The Balaban J connectivity index is 1.47. The largest absolute Gasteiger partial charge is 0.467 e. The molecule has 0 amide bonds. The van der Waals surface area contributed by atoms with Gasteiger partial charge in [0, 0.05) is 23.3 Å². The summed E-state index contributed by atoms with van der Waals surface area (Å²) in [5.74, 6) is -8.35. The molecule has 1 spiro atoms. The second-order valence-corrected chi connectivity index (χ2v) is 15.4. The van der Waals surface area contributed by atoms with Gasteiger partial charge in [0.2, 0.25) is 18.0 Å². The number of fused-ring (bicyclic) bond motifs is 2. The van der Waals surface area contributed by atoms with Crippen molar-refractivity contribution in [1.82, 2.24) is 0 Å². The van der Waals surface area contributed by atoms with Crippen molar-refractivity contribution in [2.45, 2.75) is 107 Å². The number of carbonyl (C=O) groups excluding carboxylic acids is 4. The van der Waals surface area contributed by atoms with E-state index in [4.69, 9.17) is 28.4 Å². The summed E-state index contributed by atoms with van der Waals surface area (Å²) in [4.78, 5) is 54.5. The Morgan fingerprint density at radius 3 is 2.33 bits per heavy atom. The minimum Gasteiger partial charge on any atom is -0.467 e. The van der Waals surface area contributed by atoms with E-state index in [9.17, 15) is 54.9 Å². The van der Waals surface area contributed by atoms with E-state index >= 15 is 0 Å². The van der Waals surface area contributed by atoms with Crippen LogP contribution in [-0.4, -0.2) is 146 Å². The normalized spacial score (nSPS) is 47.7. The van der Waals surface area contributed by atoms with E-state index in [1.807, 2.05) is 0 Å². The Morgan fingerprint density at radius 1 is 1.06 bits per heavy atom. The SMILES string of the molecule is COC(=O)C12OC[C@]34[C@H]([C@@H](O)[C@@H]1O)[C@@]1(C)C=C(O[C@@H]5O[C@H](CO)[C@@H](O)[C@H](O)[C@H]5O)C(=O)[C@@H](C)[C@@H]1C[C@H]3OC(=O)[C@H](OC(=O)/C=C(\C)C(C)(C)O)[C@@H]24. The molecule has 17 nitrogen and oxygen atoms in total. The summed E-state index contributed by atoms with van der Waals surface area (Å²) in [5, 5.41) is 75.2. The molecule has 284 valence electrons. The average molecular weight is 727 g/mol. The molecule has 6 rings (SSSR count). The third kappa shape index (κ3) is 5.22. The van der Waals surface area contributed by atoms with Crippen molar-refractivity contribution in [2.75, 3.05) is 20.3 Å². The summed E-state index contributed by atoms with van der Waals surface area (Å²) >= 11 is 0. The topological polar surface area (TPSA) is 265 Å². The molecule has 2 bridgehead atoms. The lowest BCUT2D eigenvalue weighted by Gasteiger charge is -2.67. The minimum atomic E-state index is -2.40. The van der Waals surface area contributed by atoms with Crippen LogP contribution in [0.4, 0.5) is 0 Å². The Bertz CT molecular complexity index is 1530. The number of ether oxygens (including phenoxy) is 6. The molecule has 5 fully saturated rings. The fourth-order valence-electron chi connectivity index (χ4n) is 9.69. The van der Waals surface area contributed by atoms with E-state index in [2.05, 4.69) is 0 Å². The molecule has 3 aliphatic carbocycles. The number of ketones is 1. The third-order valence-corrected chi connectivity index (χ3v) is 12.5. The van der Waals surface area contributed by atoms with Crippen molar-refractivity contribution in [3.63, 3.8) is 0 Å². The molecule has 2 saturated carbocycles. The number of carbonyl (C=O) groups is 4. The maximum Gasteiger partial charge on any atom is 0.348 e. The fourth-order valence-corrected chi connectivity index (χ4v) is 9.69. The molecule has 1 unspecified atom stereocenters. The average Bonchev–Trinajstić information content (AvgIpc) is 3.37. The number of aliphatic hydroxyl groups excluding tert-OH is 6. The second kappa shape index (κ2) is 12.6. The van der Waals surface area contributed by atoms with Gasteiger partial charge in [-0.25, -0.2) is 14.4 Å². The number of hydrogen-bond acceptors (Lipinski definition) is 17. The lowest BCUT2D eigenvalue weighted by atomic mass is 9.38. The van der Waals surface area contributed by atoms with Gasteiger partial charge in [-0.05, 0) is 50.2 Å². The number of Topliss-reactive ketones (excluding diaryl/α,β-unsaturated/α-hetero) is 1. The van der Waals surface area contributed by atoms with Gasteiger partial charge in [-0.1, -0.05) is 13.8 Å². The molecule has 0 aromatic carbocycles. The first-order valence-electron chi connectivity index (χ1n) is 16.9. The Labute approximate surface area is 292 Å². The van der Waals surface area contributed by atoms with E-state index in [1.54, 1.807) is 13.8 Å². The Morgan fingerprint density at radius 2 is 1.73 bits per heavy atom. The van der Waals surface area contributed by atoms with Gasteiger partial charge < -0.3 is 64.2 Å². The molecule has 0 aromatic heterocycles. The van der Waals surface area contributed by atoms with Crippen LogP contribution >= 0.6 is 0 Å². The maximum absolute atomic E-state index is 13.8.